The molecule has 0 radical (unpaired) electrons. The molecule has 2 N–H and O–H groups in total. The zero-order chi connectivity index (χ0) is 9.30. The van der Waals surface area contributed by atoms with Crippen molar-refractivity contribution in [1.29, 1.82) is 0 Å². The second-order valence-electron chi connectivity index (χ2n) is 2.13. The summed E-state index contributed by atoms with van der Waals surface area (Å²) in [7, 11) is -2.11. The van der Waals surface area contributed by atoms with E-state index in [9.17, 15) is 8.78 Å². The van der Waals surface area contributed by atoms with Crippen molar-refractivity contribution >= 4 is 35.2 Å². The first-order valence-corrected chi connectivity index (χ1v) is 4.11. The van der Waals surface area contributed by atoms with Gasteiger partial charge in [-0.05, 0) is 34.7 Å². The average molecular weight is 284 g/mol. The lowest BCUT2D eigenvalue weighted by atomic mass is 9.79. The van der Waals surface area contributed by atoms with Gasteiger partial charge in [0.15, 0.2) is 0 Å². The van der Waals surface area contributed by atoms with Crippen LogP contribution in [0.2, 0.25) is 0 Å². The highest BCUT2D eigenvalue weighted by Crippen LogP contribution is 2.10. The number of hydrogen-bond donors (Lipinski definition) is 2. The van der Waals surface area contributed by atoms with E-state index in [0.29, 0.717) is 0 Å². The lowest BCUT2D eigenvalue weighted by molar-refractivity contribution is 0.419. The zero-order valence-electron chi connectivity index (χ0n) is 5.76. The molecule has 0 aliphatic heterocycles. The minimum atomic E-state index is -2.11. The zero-order valence-corrected chi connectivity index (χ0v) is 7.92. The Labute approximate surface area is 81.5 Å². The normalized spacial score (nSPS) is 10.1. The predicted octanol–water partition coefficient (Wildman–Crippen LogP) is 0.249. The third-order valence-corrected chi connectivity index (χ3v) is 2.17. The summed E-state index contributed by atoms with van der Waals surface area (Å²) in [5, 5.41) is 17.2. The van der Waals surface area contributed by atoms with Crippen molar-refractivity contribution < 1.29 is 18.8 Å². The van der Waals surface area contributed by atoms with Gasteiger partial charge in [-0.15, -0.1) is 0 Å². The van der Waals surface area contributed by atoms with Gasteiger partial charge >= 0.3 is 7.12 Å². The molecule has 2 nitrogen and oxygen atoms in total. The molecule has 0 spiro atoms. The van der Waals surface area contributed by atoms with Gasteiger partial charge in [-0.25, -0.2) is 8.78 Å². The Hall–Kier alpha value is -0.205. The van der Waals surface area contributed by atoms with Gasteiger partial charge in [0.05, 0.1) is 5.46 Å². The van der Waals surface area contributed by atoms with Crippen LogP contribution in [0.25, 0.3) is 0 Å². The molecule has 0 saturated heterocycles. The molecule has 1 aromatic rings. The Balaban J connectivity index is 3.33. The third kappa shape index (κ3) is 1.75. The van der Waals surface area contributed by atoms with Crippen molar-refractivity contribution in [3.63, 3.8) is 0 Å². The van der Waals surface area contributed by atoms with Crippen LogP contribution in [-0.4, -0.2) is 17.2 Å². The molecule has 6 heteroatoms. The maximum absolute atomic E-state index is 12.9. The van der Waals surface area contributed by atoms with Gasteiger partial charge in [-0.2, -0.15) is 0 Å². The van der Waals surface area contributed by atoms with E-state index in [1.807, 2.05) is 0 Å². The van der Waals surface area contributed by atoms with Crippen LogP contribution in [0.3, 0.4) is 0 Å². The van der Waals surface area contributed by atoms with Crippen LogP contribution >= 0.6 is 22.6 Å². The maximum atomic E-state index is 12.9. The summed E-state index contributed by atoms with van der Waals surface area (Å²) >= 11 is 1.64. The largest absolute Gasteiger partial charge is 0.494 e. The van der Waals surface area contributed by atoms with Crippen LogP contribution in [0.15, 0.2) is 12.1 Å². The van der Waals surface area contributed by atoms with Crippen molar-refractivity contribution in [3.8, 4) is 0 Å². The fourth-order valence-corrected chi connectivity index (χ4v) is 1.25. The molecule has 0 amide bonds. The van der Waals surface area contributed by atoms with E-state index in [1.165, 1.54) is 6.07 Å². The highest BCUT2D eigenvalue weighted by atomic mass is 127. The molecule has 0 aliphatic carbocycles. The van der Waals surface area contributed by atoms with Gasteiger partial charge in [-0.1, -0.05) is 0 Å². The predicted molar refractivity (Wildman–Crippen MR) is 48.9 cm³/mol. The summed E-state index contributed by atoms with van der Waals surface area (Å²) in [6.07, 6.45) is 0. The second kappa shape index (κ2) is 3.67. The summed E-state index contributed by atoms with van der Waals surface area (Å²) in [5.74, 6) is -1.88. The molecule has 0 saturated carbocycles. The topological polar surface area (TPSA) is 40.5 Å². The molecule has 0 fully saturated rings. The van der Waals surface area contributed by atoms with Gasteiger partial charge in [-0.3, -0.25) is 0 Å². The number of benzene rings is 1. The Kier molecular flexibility index (Phi) is 3.02. The van der Waals surface area contributed by atoms with E-state index in [2.05, 4.69) is 0 Å². The first-order valence-electron chi connectivity index (χ1n) is 3.03. The molecule has 0 bridgehead atoms. The smallest absolute Gasteiger partial charge is 0.423 e. The molecule has 64 valence electrons. The molecule has 1 aromatic carbocycles. The Bertz CT molecular complexity index is 306. The van der Waals surface area contributed by atoms with Crippen molar-refractivity contribution in [3.05, 3.63) is 27.3 Å². The fourth-order valence-electron chi connectivity index (χ4n) is 0.779. The van der Waals surface area contributed by atoms with Gasteiger partial charge < -0.3 is 10.0 Å². The van der Waals surface area contributed by atoms with E-state index in [4.69, 9.17) is 10.0 Å². The van der Waals surface area contributed by atoms with Crippen molar-refractivity contribution in [1.82, 2.24) is 0 Å². The average Bonchev–Trinajstić information content (AvgIpc) is 1.97. The van der Waals surface area contributed by atoms with Crippen molar-refractivity contribution in [2.45, 2.75) is 0 Å². The Morgan fingerprint density at radius 1 is 1.25 bits per heavy atom. The van der Waals surface area contributed by atoms with Crippen LogP contribution < -0.4 is 5.46 Å². The molecule has 0 aromatic heterocycles. The lowest BCUT2D eigenvalue weighted by Gasteiger charge is -2.03. The lowest BCUT2D eigenvalue weighted by Crippen LogP contribution is -2.36. The van der Waals surface area contributed by atoms with E-state index in [1.54, 1.807) is 22.6 Å². The van der Waals surface area contributed by atoms with Crippen LogP contribution in [0.1, 0.15) is 0 Å². The summed E-state index contributed by atoms with van der Waals surface area (Å²) in [5.41, 5.74) is -0.707. The molecular formula is C6H4BF2IO2. The van der Waals surface area contributed by atoms with Gasteiger partial charge in [0.25, 0.3) is 0 Å². The third-order valence-electron chi connectivity index (χ3n) is 1.34. The van der Waals surface area contributed by atoms with Crippen molar-refractivity contribution in [2.24, 2.45) is 0 Å². The SMILES string of the molecule is OB(O)c1c(F)ccc(I)c1F. The van der Waals surface area contributed by atoms with Gasteiger partial charge in [0.1, 0.15) is 11.6 Å². The maximum Gasteiger partial charge on any atom is 0.494 e. The summed E-state index contributed by atoms with van der Waals surface area (Å²) in [6.45, 7) is 0. The molecule has 0 unspecified atom stereocenters. The second-order valence-corrected chi connectivity index (χ2v) is 3.29. The Morgan fingerprint density at radius 2 is 1.83 bits per heavy atom. The van der Waals surface area contributed by atoms with E-state index in [0.717, 1.165) is 6.07 Å². The highest BCUT2D eigenvalue weighted by molar-refractivity contribution is 14.1. The minimum absolute atomic E-state index is 0.150. The van der Waals surface area contributed by atoms with Crippen LogP contribution in [0.4, 0.5) is 8.78 Å². The molecule has 0 heterocycles. The van der Waals surface area contributed by atoms with Gasteiger partial charge in [0, 0.05) is 3.57 Å². The fraction of sp³-hybridized carbons (Fsp3) is 0. The van der Waals surface area contributed by atoms with Crippen LogP contribution in [0, 0.1) is 15.2 Å². The van der Waals surface area contributed by atoms with E-state index >= 15 is 0 Å². The van der Waals surface area contributed by atoms with Crippen molar-refractivity contribution in [2.75, 3.05) is 0 Å². The molecular weight excluding hydrogens is 280 g/mol. The number of hydrogen-bond acceptors (Lipinski definition) is 2. The van der Waals surface area contributed by atoms with Crippen LogP contribution in [-0.2, 0) is 0 Å². The molecule has 0 aliphatic rings. The number of rotatable bonds is 1. The monoisotopic (exact) mass is 284 g/mol. The van der Waals surface area contributed by atoms with Crippen LogP contribution in [0.5, 0.6) is 0 Å². The summed E-state index contributed by atoms with van der Waals surface area (Å²) in [6, 6.07) is 2.21. The number of halogens is 3. The first-order chi connectivity index (χ1) is 5.54. The van der Waals surface area contributed by atoms with Gasteiger partial charge in [0.2, 0.25) is 0 Å². The first kappa shape index (κ1) is 9.88. The molecule has 1 rings (SSSR count). The quantitative estimate of drug-likeness (QED) is 0.441. The van der Waals surface area contributed by atoms with E-state index < -0.39 is 24.2 Å². The minimum Gasteiger partial charge on any atom is -0.423 e. The highest BCUT2D eigenvalue weighted by Gasteiger charge is 2.22. The summed E-state index contributed by atoms with van der Waals surface area (Å²) in [4.78, 5) is 0. The standard InChI is InChI=1S/C6H4BF2IO2/c8-3-1-2-4(10)6(9)5(3)7(11)12/h1-2,11-12H. The summed E-state index contributed by atoms with van der Waals surface area (Å²) < 4.78 is 25.8. The Morgan fingerprint density at radius 3 is 2.25 bits per heavy atom. The van der Waals surface area contributed by atoms with E-state index in [-0.39, 0.29) is 3.57 Å². The molecule has 0 atom stereocenters. The molecule has 12 heavy (non-hydrogen) atoms.